The Balaban J connectivity index is 1.84. The van der Waals surface area contributed by atoms with E-state index in [0.717, 1.165) is 30.6 Å². The molecule has 2 bridgehead atoms. The van der Waals surface area contributed by atoms with E-state index in [2.05, 4.69) is 16.0 Å². The van der Waals surface area contributed by atoms with E-state index in [1.54, 1.807) is 0 Å². The van der Waals surface area contributed by atoms with Gasteiger partial charge in [-0.15, -0.1) is 0 Å². The van der Waals surface area contributed by atoms with Gasteiger partial charge in [0, 0.05) is 19.3 Å². The molecule has 2 heterocycles. The molecule has 1 fully saturated rings. The molecule has 2 aliphatic heterocycles. The Labute approximate surface area is 201 Å². The second kappa shape index (κ2) is 12.5. The van der Waals surface area contributed by atoms with Crippen LogP contribution < -0.4 is 20.7 Å². The van der Waals surface area contributed by atoms with Gasteiger partial charge in [0.25, 0.3) is 0 Å². The topological polar surface area (TPSA) is 114 Å². The zero-order chi connectivity index (χ0) is 24.5. The van der Waals surface area contributed by atoms with E-state index in [0.29, 0.717) is 38.7 Å². The van der Waals surface area contributed by atoms with Crippen LogP contribution in [0.1, 0.15) is 70.8 Å². The number of carbonyl (C=O) groups excluding carboxylic acids is 4. The Morgan fingerprint density at radius 3 is 2.50 bits per heavy atom. The van der Waals surface area contributed by atoms with Crippen LogP contribution in [0.4, 0.5) is 0 Å². The third-order valence-corrected chi connectivity index (χ3v) is 6.75. The number of rotatable bonds is 4. The Bertz CT molecular complexity index is 870. The molecule has 1 aliphatic carbocycles. The van der Waals surface area contributed by atoms with E-state index < -0.39 is 18.1 Å². The van der Waals surface area contributed by atoms with Crippen LogP contribution >= 0.6 is 0 Å². The summed E-state index contributed by atoms with van der Waals surface area (Å²) in [4.78, 5) is 51.3. The van der Waals surface area contributed by atoms with Crippen LogP contribution in [0.3, 0.4) is 0 Å². The molecule has 0 spiro atoms. The Kier molecular flexibility index (Phi) is 9.48. The summed E-state index contributed by atoms with van der Waals surface area (Å²) in [6, 6.07) is 5.33. The molecule has 3 N–H and O–H groups in total. The van der Waals surface area contributed by atoms with Crippen LogP contribution in [-0.2, 0) is 25.6 Å². The van der Waals surface area contributed by atoms with E-state index in [4.69, 9.17) is 4.74 Å². The number of fused-ring (bicyclic) bond motifs is 13. The van der Waals surface area contributed by atoms with E-state index in [9.17, 15) is 19.2 Å². The van der Waals surface area contributed by atoms with Gasteiger partial charge in [-0.25, -0.2) is 0 Å². The van der Waals surface area contributed by atoms with Crippen molar-refractivity contribution in [2.45, 2.75) is 89.8 Å². The van der Waals surface area contributed by atoms with Crippen molar-refractivity contribution in [1.29, 1.82) is 0 Å². The molecule has 3 amide bonds. The molecule has 4 atom stereocenters. The van der Waals surface area contributed by atoms with Crippen LogP contribution in [0.2, 0.25) is 0 Å². The van der Waals surface area contributed by atoms with Gasteiger partial charge in [-0.05, 0) is 49.3 Å². The van der Waals surface area contributed by atoms with Crippen LogP contribution in [0, 0.1) is 5.92 Å². The molecule has 1 saturated carbocycles. The van der Waals surface area contributed by atoms with Crippen LogP contribution in [0.25, 0.3) is 0 Å². The number of amides is 3. The normalized spacial score (nSPS) is 25.6. The number of benzene rings is 1. The van der Waals surface area contributed by atoms with Gasteiger partial charge in [0.15, 0.2) is 5.78 Å². The average molecular weight is 472 g/mol. The van der Waals surface area contributed by atoms with Crippen molar-refractivity contribution >= 4 is 23.5 Å². The largest absolute Gasteiger partial charge is 0.494 e. The fourth-order valence-corrected chi connectivity index (χ4v) is 4.36. The molecular formula is C26H37N3O5. The molecule has 34 heavy (non-hydrogen) atoms. The van der Waals surface area contributed by atoms with Crippen molar-refractivity contribution < 1.29 is 23.9 Å². The van der Waals surface area contributed by atoms with Crippen LogP contribution in [-0.4, -0.2) is 48.2 Å². The molecule has 1 aromatic rings. The first kappa shape index (κ1) is 25.7. The lowest BCUT2D eigenvalue weighted by atomic mass is 9.93. The van der Waals surface area contributed by atoms with Gasteiger partial charge < -0.3 is 20.7 Å². The fraction of sp³-hybridized carbons (Fsp3) is 0.615. The summed E-state index contributed by atoms with van der Waals surface area (Å²) in [5.41, 5.74) is 0.860. The van der Waals surface area contributed by atoms with E-state index in [-0.39, 0.29) is 35.8 Å². The maximum absolute atomic E-state index is 13.3. The number of hydrogen-bond donors (Lipinski definition) is 3. The summed E-state index contributed by atoms with van der Waals surface area (Å²) in [5.74, 6) is -0.312. The number of ether oxygens (including phenoxy) is 1. The number of ketones is 1. The lowest BCUT2D eigenvalue weighted by Gasteiger charge is -2.28. The summed E-state index contributed by atoms with van der Waals surface area (Å²) >= 11 is 0. The highest BCUT2D eigenvalue weighted by Gasteiger charge is 2.32. The smallest absolute Gasteiger partial charge is 0.243 e. The minimum Gasteiger partial charge on any atom is -0.494 e. The number of Topliss-reactive ketones (excluding diaryl/α,β-unsaturated/α-hetero) is 1. The van der Waals surface area contributed by atoms with Gasteiger partial charge >= 0.3 is 0 Å². The molecule has 8 heteroatoms. The van der Waals surface area contributed by atoms with Gasteiger partial charge in [-0.1, -0.05) is 38.8 Å². The lowest BCUT2D eigenvalue weighted by Crippen LogP contribution is -2.57. The first-order valence-electron chi connectivity index (χ1n) is 12.5. The summed E-state index contributed by atoms with van der Waals surface area (Å²) < 4.78 is 5.76. The third kappa shape index (κ3) is 7.30. The molecule has 4 rings (SSSR count). The van der Waals surface area contributed by atoms with Crippen molar-refractivity contribution in [2.24, 2.45) is 5.92 Å². The molecule has 0 aromatic heterocycles. The lowest BCUT2D eigenvalue weighted by molar-refractivity contribution is -0.134. The SMILES string of the molecule is CC[C@@H](C)[C@@H]1NC(=O)CCCCOc2ccc(cc2)C[C@@H](C(=O)NC2CCCCC2=O)NC1=O. The summed E-state index contributed by atoms with van der Waals surface area (Å²) in [5, 5.41) is 8.58. The van der Waals surface area contributed by atoms with E-state index in [1.165, 1.54) is 0 Å². The van der Waals surface area contributed by atoms with Gasteiger partial charge in [-0.2, -0.15) is 0 Å². The zero-order valence-electron chi connectivity index (χ0n) is 20.2. The molecule has 1 aromatic carbocycles. The van der Waals surface area contributed by atoms with Gasteiger partial charge in [0.2, 0.25) is 17.7 Å². The summed E-state index contributed by atoms with van der Waals surface area (Å²) in [6.07, 6.45) is 5.45. The van der Waals surface area contributed by atoms with Crippen molar-refractivity contribution in [2.75, 3.05) is 6.61 Å². The molecule has 0 radical (unpaired) electrons. The van der Waals surface area contributed by atoms with Crippen LogP contribution in [0.5, 0.6) is 5.75 Å². The Morgan fingerprint density at radius 2 is 1.79 bits per heavy atom. The van der Waals surface area contributed by atoms with Gasteiger partial charge in [-0.3, -0.25) is 19.2 Å². The number of carbonyl (C=O) groups is 4. The number of hydrogen-bond acceptors (Lipinski definition) is 5. The third-order valence-electron chi connectivity index (χ3n) is 6.75. The summed E-state index contributed by atoms with van der Waals surface area (Å²) in [6.45, 7) is 4.37. The predicted molar refractivity (Wildman–Crippen MR) is 128 cm³/mol. The molecular weight excluding hydrogens is 434 g/mol. The van der Waals surface area contributed by atoms with Crippen molar-refractivity contribution in [3.63, 3.8) is 0 Å². The van der Waals surface area contributed by atoms with Crippen LogP contribution in [0.15, 0.2) is 24.3 Å². The average Bonchev–Trinajstić information content (AvgIpc) is 2.83. The monoisotopic (exact) mass is 471 g/mol. The molecule has 8 nitrogen and oxygen atoms in total. The van der Waals surface area contributed by atoms with Gasteiger partial charge in [0.05, 0.1) is 12.6 Å². The van der Waals surface area contributed by atoms with Crippen molar-refractivity contribution in [1.82, 2.24) is 16.0 Å². The van der Waals surface area contributed by atoms with E-state index >= 15 is 0 Å². The Morgan fingerprint density at radius 1 is 1.06 bits per heavy atom. The second-order valence-corrected chi connectivity index (χ2v) is 9.42. The predicted octanol–water partition coefficient (Wildman–Crippen LogP) is 2.44. The van der Waals surface area contributed by atoms with Crippen molar-refractivity contribution in [3.05, 3.63) is 29.8 Å². The first-order valence-corrected chi connectivity index (χ1v) is 12.5. The quantitative estimate of drug-likeness (QED) is 0.624. The van der Waals surface area contributed by atoms with Gasteiger partial charge in [0.1, 0.15) is 17.8 Å². The second-order valence-electron chi connectivity index (χ2n) is 9.42. The Hall–Kier alpha value is -2.90. The zero-order valence-corrected chi connectivity index (χ0v) is 20.2. The summed E-state index contributed by atoms with van der Waals surface area (Å²) in [7, 11) is 0. The van der Waals surface area contributed by atoms with Crippen molar-refractivity contribution in [3.8, 4) is 5.75 Å². The highest BCUT2D eigenvalue weighted by molar-refractivity contribution is 5.95. The minimum absolute atomic E-state index is 0.0328. The van der Waals surface area contributed by atoms with E-state index in [1.807, 2.05) is 38.1 Å². The first-order chi connectivity index (χ1) is 16.4. The minimum atomic E-state index is -0.870. The number of nitrogens with one attached hydrogen (secondary N) is 3. The highest BCUT2D eigenvalue weighted by Crippen LogP contribution is 2.17. The maximum Gasteiger partial charge on any atom is 0.243 e. The highest BCUT2D eigenvalue weighted by atomic mass is 16.5. The maximum atomic E-state index is 13.3. The molecule has 3 aliphatic rings. The molecule has 186 valence electrons. The standard InChI is InChI=1S/C26H37N3O5/c1-3-17(2)24-26(33)28-21(25(32)27-20-8-4-5-9-22(20)30)16-18-11-13-19(14-12-18)34-15-7-6-10-23(31)29-24/h11-14,17,20-21,24H,3-10,15-16H2,1-2H3,(H,27,32)(H,28,33)(H,29,31)/t17-,20?,21+,24+/m1/s1. The fourth-order valence-electron chi connectivity index (χ4n) is 4.36. The molecule has 1 unspecified atom stereocenters. The molecule has 0 saturated heterocycles.